The van der Waals surface area contributed by atoms with Crippen LogP contribution in [0.15, 0.2) is 48.8 Å². The third-order valence-electron chi connectivity index (χ3n) is 5.09. The smallest absolute Gasteiger partial charge is 0.317 e. The van der Waals surface area contributed by atoms with Crippen molar-refractivity contribution in [3.8, 4) is 5.75 Å². The molecule has 0 saturated carbocycles. The average molecular weight is 383 g/mol. The zero-order valence-corrected chi connectivity index (χ0v) is 16.8. The average Bonchev–Trinajstić information content (AvgIpc) is 2.74. The Bertz CT molecular complexity index is 745. The van der Waals surface area contributed by atoms with Crippen LogP contribution in [0.25, 0.3) is 0 Å². The molecule has 2 amide bonds. The summed E-state index contributed by atoms with van der Waals surface area (Å²) in [6, 6.07) is 11.9. The molecule has 0 radical (unpaired) electrons. The molecule has 0 spiro atoms. The molecule has 28 heavy (non-hydrogen) atoms. The van der Waals surface area contributed by atoms with Crippen LogP contribution in [-0.4, -0.2) is 53.1 Å². The van der Waals surface area contributed by atoms with Crippen LogP contribution in [0.4, 0.5) is 4.79 Å². The van der Waals surface area contributed by atoms with Crippen molar-refractivity contribution >= 4 is 6.03 Å². The van der Waals surface area contributed by atoms with Crippen LogP contribution in [0.3, 0.4) is 0 Å². The molecule has 150 valence electrons. The van der Waals surface area contributed by atoms with Crippen molar-refractivity contribution in [2.75, 3.05) is 26.2 Å². The molecule has 1 unspecified atom stereocenters. The first-order valence-corrected chi connectivity index (χ1v) is 10.0. The number of aromatic nitrogens is 1. The number of rotatable bonds is 7. The van der Waals surface area contributed by atoms with E-state index >= 15 is 0 Å². The summed E-state index contributed by atoms with van der Waals surface area (Å²) in [4.78, 5) is 21.0. The number of ether oxygens (including phenoxy) is 1. The number of piperazine rings is 1. The zero-order valence-electron chi connectivity index (χ0n) is 16.8. The number of pyridine rings is 1. The fourth-order valence-electron chi connectivity index (χ4n) is 3.21. The van der Waals surface area contributed by atoms with Crippen molar-refractivity contribution in [1.82, 2.24) is 20.1 Å². The van der Waals surface area contributed by atoms with Crippen molar-refractivity contribution in [2.24, 2.45) is 0 Å². The van der Waals surface area contributed by atoms with Crippen LogP contribution in [0, 0.1) is 0 Å². The van der Waals surface area contributed by atoms with E-state index in [1.165, 1.54) is 5.56 Å². The summed E-state index contributed by atoms with van der Waals surface area (Å²) in [6.45, 7) is 8.72. The van der Waals surface area contributed by atoms with Gasteiger partial charge in [0.05, 0.1) is 6.10 Å². The summed E-state index contributed by atoms with van der Waals surface area (Å²) < 4.78 is 5.97. The Morgan fingerprint density at radius 2 is 1.96 bits per heavy atom. The van der Waals surface area contributed by atoms with Crippen LogP contribution >= 0.6 is 0 Å². The van der Waals surface area contributed by atoms with Gasteiger partial charge in [-0.3, -0.25) is 9.88 Å². The minimum atomic E-state index is -0.0145. The van der Waals surface area contributed by atoms with E-state index < -0.39 is 0 Å². The van der Waals surface area contributed by atoms with Gasteiger partial charge in [0, 0.05) is 57.2 Å². The number of carbonyl (C=O) groups is 1. The standard InChI is InChI=1S/C22H30N4O2/c1-3-18(2)28-21-9-5-4-8-20(21)16-24-22(27)26-13-11-25(12-14-26)17-19-7-6-10-23-15-19/h4-10,15,18H,3,11-14,16-17H2,1-2H3,(H,24,27). The molecule has 1 atom stereocenters. The summed E-state index contributed by atoms with van der Waals surface area (Å²) in [5.74, 6) is 0.846. The molecule has 1 aromatic carbocycles. The molecule has 3 rings (SSSR count). The topological polar surface area (TPSA) is 57.7 Å². The van der Waals surface area contributed by atoms with Crippen molar-refractivity contribution < 1.29 is 9.53 Å². The first-order chi connectivity index (χ1) is 13.7. The van der Waals surface area contributed by atoms with Crippen LogP contribution in [0.2, 0.25) is 0 Å². The first kappa shape index (κ1) is 20.1. The third kappa shape index (κ3) is 5.70. The second kappa shape index (κ2) is 10.1. The fourth-order valence-corrected chi connectivity index (χ4v) is 3.21. The van der Waals surface area contributed by atoms with Crippen LogP contribution < -0.4 is 10.1 Å². The van der Waals surface area contributed by atoms with Crippen molar-refractivity contribution in [3.63, 3.8) is 0 Å². The van der Waals surface area contributed by atoms with Gasteiger partial charge in [-0.05, 0) is 31.0 Å². The maximum absolute atomic E-state index is 12.6. The molecule has 1 aliphatic heterocycles. The minimum absolute atomic E-state index is 0.0145. The number of nitrogens with zero attached hydrogens (tertiary/aromatic N) is 3. The molecule has 1 aromatic heterocycles. The summed E-state index contributed by atoms with van der Waals surface area (Å²) in [6.07, 6.45) is 4.80. The highest BCUT2D eigenvalue weighted by atomic mass is 16.5. The number of carbonyl (C=O) groups excluding carboxylic acids is 1. The van der Waals surface area contributed by atoms with Gasteiger partial charge in [0.1, 0.15) is 5.75 Å². The highest BCUT2D eigenvalue weighted by Crippen LogP contribution is 2.20. The van der Waals surface area contributed by atoms with Gasteiger partial charge in [-0.25, -0.2) is 4.79 Å². The number of hydrogen-bond donors (Lipinski definition) is 1. The molecule has 1 N–H and O–H groups in total. The molecule has 2 heterocycles. The maximum atomic E-state index is 12.6. The lowest BCUT2D eigenvalue weighted by atomic mass is 10.2. The van der Waals surface area contributed by atoms with Crippen molar-refractivity contribution in [3.05, 3.63) is 59.9 Å². The quantitative estimate of drug-likeness (QED) is 0.798. The molecule has 1 fully saturated rings. The van der Waals surface area contributed by atoms with E-state index in [2.05, 4.69) is 35.1 Å². The molecule has 0 bridgehead atoms. The molecule has 2 aromatic rings. The lowest BCUT2D eigenvalue weighted by Gasteiger charge is -2.34. The Morgan fingerprint density at radius 3 is 2.68 bits per heavy atom. The van der Waals surface area contributed by atoms with E-state index in [-0.39, 0.29) is 12.1 Å². The number of amides is 2. The van der Waals surface area contributed by atoms with Crippen LogP contribution in [-0.2, 0) is 13.1 Å². The first-order valence-electron chi connectivity index (χ1n) is 10.0. The molecule has 6 nitrogen and oxygen atoms in total. The predicted molar refractivity (Wildman–Crippen MR) is 110 cm³/mol. The van der Waals surface area contributed by atoms with Gasteiger partial charge in [0.25, 0.3) is 0 Å². The van der Waals surface area contributed by atoms with Crippen molar-refractivity contribution in [2.45, 2.75) is 39.5 Å². The summed E-state index contributed by atoms with van der Waals surface area (Å²) in [5.41, 5.74) is 2.21. The van der Waals surface area contributed by atoms with Crippen molar-refractivity contribution in [1.29, 1.82) is 0 Å². The van der Waals surface area contributed by atoms with Gasteiger partial charge in [0.15, 0.2) is 0 Å². The molecule has 0 aliphatic carbocycles. The van der Waals surface area contributed by atoms with E-state index in [0.29, 0.717) is 6.54 Å². The summed E-state index contributed by atoms with van der Waals surface area (Å²) in [5, 5.41) is 3.04. The molecule has 6 heteroatoms. The second-order valence-electron chi connectivity index (χ2n) is 7.23. The highest BCUT2D eigenvalue weighted by molar-refractivity contribution is 5.74. The summed E-state index contributed by atoms with van der Waals surface area (Å²) in [7, 11) is 0. The van der Waals surface area contributed by atoms with Gasteiger partial charge in [-0.1, -0.05) is 31.2 Å². The molecular weight excluding hydrogens is 352 g/mol. The minimum Gasteiger partial charge on any atom is -0.490 e. The predicted octanol–water partition coefficient (Wildman–Crippen LogP) is 3.29. The Morgan fingerprint density at radius 1 is 1.18 bits per heavy atom. The van der Waals surface area contributed by atoms with E-state index in [9.17, 15) is 4.79 Å². The number of para-hydroxylation sites is 1. The Kier molecular flexibility index (Phi) is 7.25. The third-order valence-corrected chi connectivity index (χ3v) is 5.09. The van der Waals surface area contributed by atoms with Gasteiger partial charge >= 0.3 is 6.03 Å². The van der Waals surface area contributed by atoms with E-state index in [4.69, 9.17) is 4.74 Å². The lowest BCUT2D eigenvalue weighted by molar-refractivity contribution is 0.135. The number of urea groups is 1. The van der Waals surface area contributed by atoms with Crippen LogP contribution in [0.1, 0.15) is 31.4 Å². The fraction of sp³-hybridized carbons (Fsp3) is 0.455. The number of nitrogens with one attached hydrogen (secondary N) is 1. The molecule has 1 saturated heterocycles. The normalized spacial score (nSPS) is 15.9. The largest absolute Gasteiger partial charge is 0.490 e. The lowest BCUT2D eigenvalue weighted by Crippen LogP contribution is -2.51. The number of hydrogen-bond acceptors (Lipinski definition) is 4. The van der Waals surface area contributed by atoms with E-state index in [1.807, 2.05) is 41.4 Å². The number of benzene rings is 1. The van der Waals surface area contributed by atoms with Gasteiger partial charge in [-0.2, -0.15) is 0 Å². The Hall–Kier alpha value is -2.60. The zero-order chi connectivity index (χ0) is 19.8. The monoisotopic (exact) mass is 382 g/mol. The molecular formula is C22H30N4O2. The summed E-state index contributed by atoms with van der Waals surface area (Å²) >= 11 is 0. The van der Waals surface area contributed by atoms with Crippen LogP contribution in [0.5, 0.6) is 5.75 Å². The SMILES string of the molecule is CCC(C)Oc1ccccc1CNC(=O)N1CCN(Cc2cccnc2)CC1. The van der Waals surface area contributed by atoms with Gasteiger partial charge in [-0.15, -0.1) is 0 Å². The highest BCUT2D eigenvalue weighted by Gasteiger charge is 2.21. The Labute approximate surface area is 167 Å². The second-order valence-corrected chi connectivity index (χ2v) is 7.23. The van der Waals surface area contributed by atoms with E-state index in [1.54, 1.807) is 6.20 Å². The van der Waals surface area contributed by atoms with Gasteiger partial charge < -0.3 is 15.0 Å². The van der Waals surface area contributed by atoms with E-state index in [0.717, 1.165) is 50.5 Å². The Balaban J connectivity index is 1.46. The van der Waals surface area contributed by atoms with Gasteiger partial charge in [0.2, 0.25) is 0 Å². The maximum Gasteiger partial charge on any atom is 0.317 e. The molecule has 1 aliphatic rings.